The van der Waals surface area contributed by atoms with E-state index in [-0.39, 0.29) is 17.9 Å². The number of hydrogen-bond acceptors (Lipinski definition) is 3. The second-order valence-corrected chi connectivity index (χ2v) is 7.18. The number of halogens is 1. The zero-order valence-corrected chi connectivity index (χ0v) is 14.9. The Labute approximate surface area is 151 Å². The topological polar surface area (TPSA) is 41.6 Å². The molecule has 2 aromatic rings. The quantitative estimate of drug-likeness (QED) is 0.849. The summed E-state index contributed by atoms with van der Waals surface area (Å²) in [5, 5.41) is 5.03. The van der Waals surface area contributed by atoms with Crippen LogP contribution in [0.15, 0.2) is 41.8 Å². The van der Waals surface area contributed by atoms with E-state index in [9.17, 15) is 9.18 Å². The lowest BCUT2D eigenvalue weighted by molar-refractivity contribution is 0.0461. The van der Waals surface area contributed by atoms with Crippen molar-refractivity contribution >= 4 is 17.4 Å². The number of nitrogens with zero attached hydrogens (tertiary/aromatic N) is 1. The molecule has 1 aliphatic rings. The second-order valence-electron chi connectivity index (χ2n) is 6.15. The van der Waals surface area contributed by atoms with Gasteiger partial charge >= 0.3 is 6.03 Å². The van der Waals surface area contributed by atoms with Gasteiger partial charge < -0.3 is 15.0 Å². The monoisotopic (exact) mass is 362 g/mol. The molecule has 1 saturated heterocycles. The maximum absolute atomic E-state index is 13.0. The summed E-state index contributed by atoms with van der Waals surface area (Å²) in [6.07, 6.45) is 2.60. The van der Waals surface area contributed by atoms with Gasteiger partial charge in [0.2, 0.25) is 0 Å². The summed E-state index contributed by atoms with van der Waals surface area (Å²) in [4.78, 5) is 16.0. The molecule has 0 spiro atoms. The molecule has 0 radical (unpaired) electrons. The fraction of sp³-hybridized carbons (Fsp3) is 0.421. The van der Waals surface area contributed by atoms with E-state index < -0.39 is 0 Å². The summed E-state index contributed by atoms with van der Waals surface area (Å²) >= 11 is 1.72. The van der Waals surface area contributed by atoms with Gasteiger partial charge in [0.15, 0.2) is 0 Å². The van der Waals surface area contributed by atoms with Crippen LogP contribution in [0.2, 0.25) is 0 Å². The lowest BCUT2D eigenvalue weighted by Gasteiger charge is -2.34. The average Bonchev–Trinajstić information content (AvgIpc) is 3.16. The van der Waals surface area contributed by atoms with Crippen molar-refractivity contribution in [3.63, 3.8) is 0 Å². The fourth-order valence-electron chi connectivity index (χ4n) is 3.01. The number of carbonyl (C=O) groups excluding carboxylic acids is 1. The van der Waals surface area contributed by atoms with Crippen LogP contribution in [-0.2, 0) is 17.7 Å². The van der Waals surface area contributed by atoms with Crippen LogP contribution in [0.5, 0.6) is 0 Å². The highest BCUT2D eigenvalue weighted by atomic mass is 32.1. The van der Waals surface area contributed by atoms with Crippen molar-refractivity contribution < 1.29 is 13.9 Å². The maximum Gasteiger partial charge on any atom is 0.317 e. The molecular formula is C19H23FN2O2S. The molecule has 1 aliphatic heterocycles. The van der Waals surface area contributed by atoms with Crippen molar-refractivity contribution in [3.05, 3.63) is 58.0 Å². The molecule has 3 rings (SSSR count). The van der Waals surface area contributed by atoms with E-state index in [1.807, 2.05) is 11.0 Å². The van der Waals surface area contributed by atoms with Gasteiger partial charge in [0.25, 0.3) is 0 Å². The molecule has 2 heterocycles. The Hall–Kier alpha value is -1.92. The molecule has 134 valence electrons. The molecule has 0 saturated carbocycles. The zero-order valence-electron chi connectivity index (χ0n) is 14.1. The zero-order chi connectivity index (χ0) is 17.5. The first-order valence-electron chi connectivity index (χ1n) is 8.61. The van der Waals surface area contributed by atoms with Gasteiger partial charge in [-0.25, -0.2) is 9.18 Å². The summed E-state index contributed by atoms with van der Waals surface area (Å²) in [7, 11) is 0. The molecule has 0 bridgehead atoms. The molecule has 1 fully saturated rings. The van der Waals surface area contributed by atoms with Crippen molar-refractivity contribution in [2.45, 2.75) is 31.8 Å². The van der Waals surface area contributed by atoms with Crippen LogP contribution in [-0.4, -0.2) is 36.7 Å². The van der Waals surface area contributed by atoms with Crippen molar-refractivity contribution in [3.8, 4) is 0 Å². The van der Waals surface area contributed by atoms with Crippen molar-refractivity contribution in [2.24, 2.45) is 0 Å². The van der Waals surface area contributed by atoms with Gasteiger partial charge in [0, 0.05) is 37.2 Å². The van der Waals surface area contributed by atoms with E-state index in [4.69, 9.17) is 4.74 Å². The highest BCUT2D eigenvalue weighted by Crippen LogP contribution is 2.17. The number of ether oxygens (including phenoxy) is 1. The van der Waals surface area contributed by atoms with E-state index in [0.717, 1.165) is 24.8 Å². The average molecular weight is 362 g/mol. The molecule has 2 amide bonds. The largest absolute Gasteiger partial charge is 0.381 e. The van der Waals surface area contributed by atoms with Crippen LogP contribution in [0.1, 0.15) is 23.3 Å². The maximum atomic E-state index is 13.0. The number of carbonyl (C=O) groups is 1. The highest BCUT2D eigenvalue weighted by molar-refractivity contribution is 7.09. The predicted molar refractivity (Wildman–Crippen MR) is 97.2 cm³/mol. The van der Waals surface area contributed by atoms with E-state index in [0.29, 0.717) is 26.3 Å². The molecular weight excluding hydrogens is 339 g/mol. The molecule has 6 heteroatoms. The van der Waals surface area contributed by atoms with E-state index in [1.54, 1.807) is 23.5 Å². The van der Waals surface area contributed by atoms with Gasteiger partial charge in [0.1, 0.15) is 5.82 Å². The Bertz CT molecular complexity index is 655. The first-order chi connectivity index (χ1) is 12.2. The van der Waals surface area contributed by atoms with Gasteiger partial charge in [0.05, 0.1) is 0 Å². The molecule has 0 atom stereocenters. The van der Waals surface area contributed by atoms with Gasteiger partial charge in [-0.2, -0.15) is 0 Å². The number of thiophene rings is 1. The van der Waals surface area contributed by atoms with Crippen LogP contribution >= 0.6 is 11.3 Å². The lowest BCUT2D eigenvalue weighted by atomic mass is 10.1. The summed E-state index contributed by atoms with van der Waals surface area (Å²) in [5.41, 5.74) is 0.889. The molecule has 1 N–H and O–H groups in total. The third-order valence-electron chi connectivity index (χ3n) is 4.43. The summed E-state index contributed by atoms with van der Waals surface area (Å²) < 4.78 is 18.4. The first kappa shape index (κ1) is 17.9. The van der Waals surface area contributed by atoms with Gasteiger partial charge in [-0.3, -0.25) is 0 Å². The molecule has 1 aromatic carbocycles. The Morgan fingerprint density at radius 1 is 1.24 bits per heavy atom. The molecule has 25 heavy (non-hydrogen) atoms. The van der Waals surface area contributed by atoms with Crippen LogP contribution < -0.4 is 5.32 Å². The third-order valence-corrected chi connectivity index (χ3v) is 5.36. The number of urea groups is 1. The van der Waals surface area contributed by atoms with Gasteiger partial charge in [-0.15, -0.1) is 11.3 Å². The smallest absolute Gasteiger partial charge is 0.317 e. The SMILES string of the molecule is O=C(NCc1ccc(F)cc1)N(CCc1cccs1)C1CCOCC1. The van der Waals surface area contributed by atoms with Crippen molar-refractivity contribution in [1.82, 2.24) is 10.2 Å². The van der Waals surface area contributed by atoms with Crippen LogP contribution in [0, 0.1) is 5.82 Å². The molecule has 0 unspecified atom stereocenters. The Balaban J connectivity index is 1.59. The Kier molecular flexibility index (Phi) is 6.42. The summed E-state index contributed by atoms with van der Waals surface area (Å²) in [6, 6.07) is 10.5. The lowest BCUT2D eigenvalue weighted by Crippen LogP contribution is -2.48. The molecule has 1 aromatic heterocycles. The summed E-state index contributed by atoms with van der Waals surface area (Å²) in [6.45, 7) is 2.50. The number of nitrogens with one attached hydrogen (secondary N) is 1. The van der Waals surface area contributed by atoms with Crippen molar-refractivity contribution in [1.29, 1.82) is 0 Å². The van der Waals surface area contributed by atoms with Crippen molar-refractivity contribution in [2.75, 3.05) is 19.8 Å². The summed E-state index contributed by atoms with van der Waals surface area (Å²) in [5.74, 6) is -0.269. The second kappa shape index (κ2) is 8.97. The van der Waals surface area contributed by atoms with Gasteiger partial charge in [-0.05, 0) is 48.4 Å². The standard InChI is InChI=1S/C19H23FN2O2S/c20-16-5-3-15(4-6-16)14-21-19(23)22(17-8-11-24-12-9-17)10-7-18-2-1-13-25-18/h1-6,13,17H,7-12,14H2,(H,21,23). The van der Waals surface area contributed by atoms with E-state index in [2.05, 4.69) is 16.8 Å². The molecule has 4 nitrogen and oxygen atoms in total. The first-order valence-corrected chi connectivity index (χ1v) is 9.49. The Morgan fingerprint density at radius 3 is 2.68 bits per heavy atom. The highest BCUT2D eigenvalue weighted by Gasteiger charge is 2.25. The number of amides is 2. The minimum absolute atomic E-state index is 0.0622. The fourth-order valence-corrected chi connectivity index (χ4v) is 3.71. The van der Waals surface area contributed by atoms with Gasteiger partial charge in [-0.1, -0.05) is 18.2 Å². The van der Waals surface area contributed by atoms with E-state index >= 15 is 0 Å². The number of benzene rings is 1. The van der Waals surface area contributed by atoms with Crippen LogP contribution in [0.4, 0.5) is 9.18 Å². The van der Waals surface area contributed by atoms with Crippen LogP contribution in [0.25, 0.3) is 0 Å². The van der Waals surface area contributed by atoms with E-state index in [1.165, 1.54) is 17.0 Å². The number of hydrogen-bond donors (Lipinski definition) is 1. The minimum Gasteiger partial charge on any atom is -0.381 e. The predicted octanol–water partition coefficient (Wildman–Crippen LogP) is 3.82. The Morgan fingerprint density at radius 2 is 2.00 bits per heavy atom. The third kappa shape index (κ3) is 5.28. The molecule has 0 aliphatic carbocycles. The van der Waals surface area contributed by atoms with Crippen LogP contribution in [0.3, 0.4) is 0 Å². The number of rotatable bonds is 6. The normalized spacial score (nSPS) is 15.1. The minimum atomic E-state index is -0.269.